The third-order valence-corrected chi connectivity index (χ3v) is 3.97. The maximum atomic E-state index is 5.81. The molecule has 1 heterocycles. The Hall–Kier alpha value is -0.860. The second kappa shape index (κ2) is 3.95. The minimum Gasteiger partial charge on any atom is -0.328 e. The monoisotopic (exact) mass is 219 g/mol. The van der Waals surface area contributed by atoms with Gasteiger partial charge >= 0.3 is 0 Å². The SMILES string of the molecule is Cc1sc2cc(CC(C)N)ccc2c1C. The normalized spacial score (nSPS) is 13.3. The van der Waals surface area contributed by atoms with Gasteiger partial charge in [0.1, 0.15) is 0 Å². The van der Waals surface area contributed by atoms with E-state index in [-0.39, 0.29) is 6.04 Å². The topological polar surface area (TPSA) is 26.0 Å². The van der Waals surface area contributed by atoms with Crippen LogP contribution in [-0.4, -0.2) is 6.04 Å². The van der Waals surface area contributed by atoms with Gasteiger partial charge in [0.2, 0.25) is 0 Å². The van der Waals surface area contributed by atoms with Crippen LogP contribution in [0.1, 0.15) is 22.9 Å². The van der Waals surface area contributed by atoms with E-state index in [4.69, 9.17) is 5.73 Å². The highest BCUT2D eigenvalue weighted by molar-refractivity contribution is 7.19. The van der Waals surface area contributed by atoms with Crippen LogP contribution in [0.25, 0.3) is 10.1 Å². The van der Waals surface area contributed by atoms with Crippen LogP contribution in [0.15, 0.2) is 18.2 Å². The van der Waals surface area contributed by atoms with E-state index < -0.39 is 0 Å². The Labute approximate surface area is 94.9 Å². The molecule has 15 heavy (non-hydrogen) atoms. The number of hydrogen-bond acceptors (Lipinski definition) is 2. The lowest BCUT2D eigenvalue weighted by molar-refractivity contribution is 0.739. The molecule has 0 saturated heterocycles. The van der Waals surface area contributed by atoms with Gasteiger partial charge < -0.3 is 5.73 Å². The van der Waals surface area contributed by atoms with E-state index in [1.807, 2.05) is 11.3 Å². The van der Waals surface area contributed by atoms with Gasteiger partial charge in [0, 0.05) is 15.6 Å². The summed E-state index contributed by atoms with van der Waals surface area (Å²) >= 11 is 1.88. The summed E-state index contributed by atoms with van der Waals surface area (Å²) in [5.74, 6) is 0. The highest BCUT2D eigenvalue weighted by Gasteiger charge is 2.06. The van der Waals surface area contributed by atoms with Crippen LogP contribution in [0.5, 0.6) is 0 Å². The summed E-state index contributed by atoms with van der Waals surface area (Å²) in [6.45, 7) is 6.43. The lowest BCUT2D eigenvalue weighted by atomic mass is 10.1. The summed E-state index contributed by atoms with van der Waals surface area (Å²) in [5.41, 5.74) is 8.57. The Balaban J connectivity index is 2.47. The van der Waals surface area contributed by atoms with E-state index in [1.54, 1.807) is 0 Å². The van der Waals surface area contributed by atoms with Crippen molar-refractivity contribution in [1.82, 2.24) is 0 Å². The highest BCUT2D eigenvalue weighted by atomic mass is 32.1. The van der Waals surface area contributed by atoms with Crippen molar-refractivity contribution in [3.05, 3.63) is 34.2 Å². The summed E-state index contributed by atoms with van der Waals surface area (Å²) in [4.78, 5) is 1.42. The van der Waals surface area contributed by atoms with Gasteiger partial charge in [-0.3, -0.25) is 0 Å². The average molecular weight is 219 g/mol. The molecular formula is C13H17NS. The zero-order chi connectivity index (χ0) is 11.0. The molecule has 2 heteroatoms. The van der Waals surface area contributed by atoms with Gasteiger partial charge in [-0.25, -0.2) is 0 Å². The molecule has 1 aromatic heterocycles. The summed E-state index contributed by atoms with van der Waals surface area (Å²) in [7, 11) is 0. The predicted molar refractivity (Wildman–Crippen MR) is 68.7 cm³/mol. The van der Waals surface area contributed by atoms with Gasteiger partial charge in [0.25, 0.3) is 0 Å². The van der Waals surface area contributed by atoms with Crippen molar-refractivity contribution >= 4 is 21.4 Å². The van der Waals surface area contributed by atoms with Crippen molar-refractivity contribution in [1.29, 1.82) is 0 Å². The molecule has 2 rings (SSSR count). The highest BCUT2D eigenvalue weighted by Crippen LogP contribution is 2.30. The number of aryl methyl sites for hydroxylation is 2. The first kappa shape index (κ1) is 10.7. The molecule has 1 nitrogen and oxygen atoms in total. The zero-order valence-corrected chi connectivity index (χ0v) is 10.3. The van der Waals surface area contributed by atoms with E-state index in [0.717, 1.165) is 6.42 Å². The van der Waals surface area contributed by atoms with Gasteiger partial charge in [0.15, 0.2) is 0 Å². The number of hydrogen-bond donors (Lipinski definition) is 1. The summed E-state index contributed by atoms with van der Waals surface area (Å²) in [6.07, 6.45) is 0.964. The molecule has 0 radical (unpaired) electrons. The fourth-order valence-electron chi connectivity index (χ4n) is 1.89. The van der Waals surface area contributed by atoms with Gasteiger partial charge in [-0.15, -0.1) is 11.3 Å². The molecule has 0 bridgehead atoms. The second-order valence-corrected chi connectivity index (χ2v) is 5.55. The average Bonchev–Trinajstić information content (AvgIpc) is 2.41. The predicted octanol–water partition coefficient (Wildman–Crippen LogP) is 3.41. The Morgan fingerprint density at radius 2 is 2.07 bits per heavy atom. The van der Waals surface area contributed by atoms with Gasteiger partial charge in [-0.1, -0.05) is 12.1 Å². The molecule has 80 valence electrons. The minimum absolute atomic E-state index is 0.240. The van der Waals surface area contributed by atoms with Gasteiger partial charge in [0.05, 0.1) is 0 Å². The molecule has 2 N–H and O–H groups in total. The lowest BCUT2D eigenvalue weighted by Crippen LogP contribution is -2.17. The van der Waals surface area contributed by atoms with Crippen LogP contribution in [0.4, 0.5) is 0 Å². The largest absolute Gasteiger partial charge is 0.328 e. The second-order valence-electron chi connectivity index (χ2n) is 4.30. The van der Waals surface area contributed by atoms with Gasteiger partial charge in [-0.05, 0) is 49.8 Å². The Morgan fingerprint density at radius 3 is 2.73 bits per heavy atom. The maximum absolute atomic E-state index is 5.81. The lowest BCUT2D eigenvalue weighted by Gasteiger charge is -2.04. The molecule has 0 fully saturated rings. The van der Waals surface area contributed by atoms with Crippen molar-refractivity contribution in [3.63, 3.8) is 0 Å². The fourth-order valence-corrected chi connectivity index (χ4v) is 3.03. The number of nitrogens with two attached hydrogens (primary N) is 1. The first-order valence-corrected chi connectivity index (χ1v) is 6.14. The first-order chi connectivity index (χ1) is 7.08. The molecule has 2 aromatic rings. The van der Waals surface area contributed by atoms with Crippen molar-refractivity contribution < 1.29 is 0 Å². The smallest absolute Gasteiger partial charge is 0.0351 e. The molecule has 0 spiro atoms. The quantitative estimate of drug-likeness (QED) is 0.823. The van der Waals surface area contributed by atoms with E-state index in [0.29, 0.717) is 0 Å². The number of thiophene rings is 1. The molecule has 1 aromatic carbocycles. The zero-order valence-electron chi connectivity index (χ0n) is 9.50. The number of benzene rings is 1. The van der Waals surface area contributed by atoms with Gasteiger partial charge in [-0.2, -0.15) is 0 Å². The van der Waals surface area contributed by atoms with Crippen molar-refractivity contribution in [2.24, 2.45) is 5.73 Å². The summed E-state index contributed by atoms with van der Waals surface area (Å²) < 4.78 is 1.39. The molecule has 0 aliphatic carbocycles. The fraction of sp³-hybridized carbons (Fsp3) is 0.385. The standard InChI is InChI=1S/C13H17NS/c1-8(14)6-11-4-5-12-9(2)10(3)15-13(12)7-11/h4-5,7-8H,6,14H2,1-3H3. The Kier molecular flexibility index (Phi) is 2.81. The summed E-state index contributed by atoms with van der Waals surface area (Å²) in [5, 5.41) is 1.39. The van der Waals surface area contributed by atoms with Crippen LogP contribution >= 0.6 is 11.3 Å². The molecule has 0 amide bonds. The van der Waals surface area contributed by atoms with Crippen LogP contribution in [0, 0.1) is 13.8 Å². The molecule has 0 saturated carbocycles. The number of rotatable bonds is 2. The van der Waals surface area contributed by atoms with Crippen LogP contribution in [0.2, 0.25) is 0 Å². The van der Waals surface area contributed by atoms with E-state index in [1.165, 1.54) is 26.1 Å². The van der Waals surface area contributed by atoms with E-state index in [2.05, 4.69) is 39.0 Å². The Bertz CT molecular complexity index is 482. The van der Waals surface area contributed by atoms with Crippen LogP contribution in [-0.2, 0) is 6.42 Å². The third-order valence-electron chi connectivity index (χ3n) is 2.80. The summed E-state index contributed by atoms with van der Waals surface area (Å²) in [6, 6.07) is 6.95. The minimum atomic E-state index is 0.240. The molecular weight excluding hydrogens is 202 g/mol. The molecule has 1 unspecified atom stereocenters. The first-order valence-electron chi connectivity index (χ1n) is 5.32. The van der Waals surface area contributed by atoms with Crippen LogP contribution in [0.3, 0.4) is 0 Å². The Morgan fingerprint density at radius 1 is 1.33 bits per heavy atom. The van der Waals surface area contributed by atoms with Crippen LogP contribution < -0.4 is 5.73 Å². The third kappa shape index (κ3) is 2.06. The van der Waals surface area contributed by atoms with Crippen molar-refractivity contribution in [3.8, 4) is 0 Å². The maximum Gasteiger partial charge on any atom is 0.0351 e. The van der Waals surface area contributed by atoms with E-state index in [9.17, 15) is 0 Å². The van der Waals surface area contributed by atoms with Crippen molar-refractivity contribution in [2.75, 3.05) is 0 Å². The molecule has 0 aliphatic rings. The molecule has 1 atom stereocenters. The van der Waals surface area contributed by atoms with Crippen molar-refractivity contribution in [2.45, 2.75) is 33.2 Å². The number of fused-ring (bicyclic) bond motifs is 1. The van der Waals surface area contributed by atoms with E-state index >= 15 is 0 Å². The molecule has 0 aliphatic heterocycles.